The number of rotatable bonds is 7. The Morgan fingerprint density at radius 3 is 2.74 bits per heavy atom. The fourth-order valence-electron chi connectivity index (χ4n) is 2.53. The highest BCUT2D eigenvalue weighted by Gasteiger charge is 2.51. The van der Waals surface area contributed by atoms with Gasteiger partial charge >= 0.3 is 5.97 Å². The van der Waals surface area contributed by atoms with Crippen molar-refractivity contribution in [3.63, 3.8) is 0 Å². The van der Waals surface area contributed by atoms with E-state index in [-0.39, 0.29) is 12.0 Å². The Balaban J connectivity index is 2.73. The highest BCUT2D eigenvalue weighted by atomic mass is 32.2. The standard InChI is InChI=1S/C14H27NO3S/c1-5-8-9-14(17,6-2)13(4)15-11(10-19-13)12(16)18-7-3/h11,15,17H,5-10H2,1-4H3/t11-,13?,14?/m0/s1. The van der Waals surface area contributed by atoms with E-state index in [0.29, 0.717) is 18.8 Å². The van der Waals surface area contributed by atoms with Crippen LogP contribution in [0.1, 0.15) is 53.4 Å². The fourth-order valence-corrected chi connectivity index (χ4v) is 3.99. The second-order valence-electron chi connectivity index (χ2n) is 5.28. The smallest absolute Gasteiger partial charge is 0.324 e. The molecule has 2 N–H and O–H groups in total. The molecule has 4 nitrogen and oxygen atoms in total. The lowest BCUT2D eigenvalue weighted by atomic mass is 9.86. The van der Waals surface area contributed by atoms with E-state index < -0.39 is 10.5 Å². The van der Waals surface area contributed by atoms with Gasteiger partial charge in [0.15, 0.2) is 0 Å². The number of hydrogen-bond acceptors (Lipinski definition) is 5. The molecule has 0 spiro atoms. The summed E-state index contributed by atoms with van der Waals surface area (Å²) in [5.74, 6) is 0.441. The van der Waals surface area contributed by atoms with Gasteiger partial charge in [-0.3, -0.25) is 10.1 Å². The van der Waals surface area contributed by atoms with Gasteiger partial charge in [-0.05, 0) is 26.7 Å². The predicted octanol–water partition coefficient (Wildman–Crippen LogP) is 2.30. The average molecular weight is 289 g/mol. The lowest BCUT2D eigenvalue weighted by molar-refractivity contribution is -0.145. The molecule has 0 aliphatic carbocycles. The molecule has 0 bridgehead atoms. The largest absolute Gasteiger partial charge is 0.465 e. The molecule has 0 aromatic carbocycles. The van der Waals surface area contributed by atoms with Gasteiger partial charge in [-0.2, -0.15) is 0 Å². The van der Waals surface area contributed by atoms with E-state index in [1.54, 1.807) is 11.8 Å². The first kappa shape index (κ1) is 16.8. The van der Waals surface area contributed by atoms with Gasteiger partial charge in [0.25, 0.3) is 0 Å². The van der Waals surface area contributed by atoms with Crippen molar-refractivity contribution in [2.75, 3.05) is 12.4 Å². The zero-order valence-corrected chi connectivity index (χ0v) is 13.3. The molecule has 1 aliphatic rings. The van der Waals surface area contributed by atoms with Crippen LogP contribution in [0.2, 0.25) is 0 Å². The van der Waals surface area contributed by atoms with Crippen molar-refractivity contribution in [3.8, 4) is 0 Å². The maximum Gasteiger partial charge on any atom is 0.324 e. The monoisotopic (exact) mass is 289 g/mol. The van der Waals surface area contributed by atoms with Crippen LogP contribution in [0.5, 0.6) is 0 Å². The maximum absolute atomic E-state index is 11.8. The molecule has 1 rings (SSSR count). The molecule has 1 saturated heterocycles. The zero-order chi connectivity index (χ0) is 14.5. The van der Waals surface area contributed by atoms with Crippen molar-refractivity contribution in [1.29, 1.82) is 0 Å². The molecule has 0 aromatic rings. The lowest BCUT2D eigenvalue weighted by Crippen LogP contribution is -2.58. The molecule has 2 unspecified atom stereocenters. The quantitative estimate of drug-likeness (QED) is 0.704. The first-order valence-electron chi connectivity index (χ1n) is 7.23. The number of carbonyl (C=O) groups is 1. The highest BCUT2D eigenvalue weighted by Crippen LogP contribution is 2.43. The van der Waals surface area contributed by atoms with E-state index in [9.17, 15) is 9.90 Å². The second kappa shape index (κ2) is 6.95. The van der Waals surface area contributed by atoms with Gasteiger partial charge < -0.3 is 9.84 Å². The fraction of sp³-hybridized carbons (Fsp3) is 0.929. The topological polar surface area (TPSA) is 58.6 Å². The number of thioether (sulfide) groups is 1. The number of carbonyl (C=O) groups excluding carboxylic acids is 1. The van der Waals surface area contributed by atoms with Crippen molar-refractivity contribution in [2.45, 2.75) is 69.9 Å². The second-order valence-corrected chi connectivity index (χ2v) is 6.72. The summed E-state index contributed by atoms with van der Waals surface area (Å²) in [6.45, 7) is 8.32. The summed E-state index contributed by atoms with van der Waals surface area (Å²) in [5, 5.41) is 14.2. The van der Waals surface area contributed by atoms with Gasteiger partial charge in [0, 0.05) is 5.75 Å². The Labute approximate surface area is 120 Å². The van der Waals surface area contributed by atoms with Crippen molar-refractivity contribution in [2.24, 2.45) is 0 Å². The predicted molar refractivity (Wildman–Crippen MR) is 79.2 cm³/mol. The lowest BCUT2D eigenvalue weighted by Gasteiger charge is -2.42. The van der Waals surface area contributed by atoms with E-state index in [2.05, 4.69) is 12.2 Å². The van der Waals surface area contributed by atoms with E-state index >= 15 is 0 Å². The minimum Gasteiger partial charge on any atom is -0.465 e. The van der Waals surface area contributed by atoms with E-state index in [1.807, 2.05) is 20.8 Å². The van der Waals surface area contributed by atoms with Crippen LogP contribution in [0.4, 0.5) is 0 Å². The first-order chi connectivity index (χ1) is 8.92. The van der Waals surface area contributed by atoms with Gasteiger partial charge in [0.2, 0.25) is 0 Å². The first-order valence-corrected chi connectivity index (χ1v) is 8.21. The van der Waals surface area contributed by atoms with E-state index in [1.165, 1.54) is 0 Å². The maximum atomic E-state index is 11.8. The molecule has 0 saturated carbocycles. The SMILES string of the molecule is CCCCC(O)(CC)C1(C)N[C@H](C(=O)OCC)CS1. The van der Waals surface area contributed by atoms with Gasteiger partial charge in [-0.15, -0.1) is 11.8 Å². The number of aliphatic hydroxyl groups is 1. The average Bonchev–Trinajstić information content (AvgIpc) is 2.80. The number of unbranched alkanes of at least 4 members (excludes halogenated alkanes) is 1. The van der Waals surface area contributed by atoms with Crippen LogP contribution in [0.25, 0.3) is 0 Å². The molecule has 3 atom stereocenters. The summed E-state index contributed by atoms with van der Waals surface area (Å²) < 4.78 is 5.05. The van der Waals surface area contributed by atoms with E-state index in [4.69, 9.17) is 4.74 Å². The Hall–Kier alpha value is -0.260. The number of ether oxygens (including phenoxy) is 1. The normalized spacial score (nSPS) is 30.1. The summed E-state index contributed by atoms with van der Waals surface area (Å²) in [6.07, 6.45) is 3.49. The summed E-state index contributed by atoms with van der Waals surface area (Å²) in [4.78, 5) is 11.3. The molecule has 1 fully saturated rings. The summed E-state index contributed by atoms with van der Waals surface area (Å²) in [6, 6.07) is -0.311. The summed E-state index contributed by atoms with van der Waals surface area (Å²) in [7, 11) is 0. The molecular formula is C14H27NO3S. The van der Waals surface area contributed by atoms with Crippen LogP contribution in [-0.2, 0) is 9.53 Å². The number of hydrogen-bond donors (Lipinski definition) is 2. The van der Waals surface area contributed by atoms with Gasteiger partial charge in [-0.25, -0.2) is 0 Å². The molecular weight excluding hydrogens is 262 g/mol. The van der Waals surface area contributed by atoms with Crippen LogP contribution >= 0.6 is 11.8 Å². The van der Waals surface area contributed by atoms with Crippen LogP contribution < -0.4 is 5.32 Å². The third-order valence-corrected chi connectivity index (χ3v) is 5.55. The van der Waals surface area contributed by atoms with Crippen LogP contribution in [0.3, 0.4) is 0 Å². The van der Waals surface area contributed by atoms with Gasteiger partial charge in [0.05, 0.1) is 17.1 Å². The van der Waals surface area contributed by atoms with Crippen LogP contribution in [-0.4, -0.2) is 39.9 Å². The van der Waals surface area contributed by atoms with Crippen LogP contribution in [0, 0.1) is 0 Å². The molecule has 5 heteroatoms. The van der Waals surface area contributed by atoms with E-state index in [0.717, 1.165) is 19.3 Å². The number of esters is 1. The molecule has 0 aromatic heterocycles. The molecule has 19 heavy (non-hydrogen) atoms. The Bertz CT molecular complexity index is 313. The van der Waals surface area contributed by atoms with Crippen molar-refractivity contribution in [1.82, 2.24) is 5.32 Å². The minimum atomic E-state index is -0.783. The molecule has 1 aliphatic heterocycles. The summed E-state index contributed by atoms with van der Waals surface area (Å²) in [5.41, 5.74) is -0.783. The third kappa shape index (κ3) is 3.64. The molecule has 0 amide bonds. The summed E-state index contributed by atoms with van der Waals surface area (Å²) >= 11 is 1.63. The third-order valence-electron chi connectivity index (χ3n) is 3.98. The molecule has 112 valence electrons. The highest BCUT2D eigenvalue weighted by molar-refractivity contribution is 8.01. The Morgan fingerprint density at radius 1 is 1.53 bits per heavy atom. The molecule has 0 radical (unpaired) electrons. The van der Waals surface area contributed by atoms with Gasteiger partial charge in [0.1, 0.15) is 6.04 Å². The zero-order valence-electron chi connectivity index (χ0n) is 12.5. The minimum absolute atomic E-state index is 0.215. The van der Waals surface area contributed by atoms with Gasteiger partial charge in [-0.1, -0.05) is 26.7 Å². The van der Waals surface area contributed by atoms with Crippen molar-refractivity contribution in [3.05, 3.63) is 0 Å². The number of nitrogens with one attached hydrogen (secondary N) is 1. The van der Waals surface area contributed by atoms with Crippen molar-refractivity contribution >= 4 is 17.7 Å². The van der Waals surface area contributed by atoms with Crippen LogP contribution in [0.15, 0.2) is 0 Å². The Morgan fingerprint density at radius 2 is 2.21 bits per heavy atom. The Kier molecular flexibility index (Phi) is 6.15. The molecule has 1 heterocycles. The van der Waals surface area contributed by atoms with Crippen molar-refractivity contribution < 1.29 is 14.6 Å².